The van der Waals surface area contributed by atoms with E-state index >= 15 is 0 Å². The summed E-state index contributed by atoms with van der Waals surface area (Å²) in [5.41, 5.74) is 1.77. The van der Waals surface area contributed by atoms with Gasteiger partial charge >= 0.3 is 0 Å². The maximum atomic E-state index is 12.2. The predicted molar refractivity (Wildman–Crippen MR) is 114 cm³/mol. The van der Waals surface area contributed by atoms with Crippen molar-refractivity contribution < 1.29 is 23.7 Å². The van der Waals surface area contributed by atoms with Gasteiger partial charge in [-0.25, -0.2) is 0 Å². The summed E-state index contributed by atoms with van der Waals surface area (Å²) >= 11 is 0. The minimum atomic E-state index is -0.193. The Kier molecular flexibility index (Phi) is 8.89. The highest BCUT2D eigenvalue weighted by Crippen LogP contribution is 2.29. The van der Waals surface area contributed by atoms with Crippen LogP contribution in [0.5, 0.6) is 23.0 Å². The largest absolute Gasteiger partial charge is 0.493 e. The van der Waals surface area contributed by atoms with Gasteiger partial charge in [0.25, 0.3) is 0 Å². The Labute approximate surface area is 172 Å². The number of benzene rings is 2. The smallest absolute Gasteiger partial charge is 0.244 e. The molecule has 6 heteroatoms. The molecule has 0 saturated heterocycles. The molecule has 0 bridgehead atoms. The van der Waals surface area contributed by atoms with Crippen LogP contribution in [0.1, 0.15) is 30.9 Å². The Bertz CT molecular complexity index is 832. The van der Waals surface area contributed by atoms with Crippen molar-refractivity contribution >= 4 is 12.0 Å². The standard InChI is InChI=1S/C23H29NO5/c1-5-6-13-29-20-11-8-18(15-22(20)28-4)16-24-23(25)12-9-17-7-10-19(26-2)21(14-17)27-3/h7-12,14-15H,5-6,13,16H2,1-4H3,(H,24,25)/b12-9+. The molecule has 1 N–H and O–H groups in total. The van der Waals surface area contributed by atoms with Crippen LogP contribution < -0.4 is 24.3 Å². The van der Waals surface area contributed by atoms with Crippen LogP contribution in [0.25, 0.3) is 6.08 Å². The fourth-order valence-corrected chi connectivity index (χ4v) is 2.64. The Morgan fingerprint density at radius 1 is 0.931 bits per heavy atom. The molecule has 2 aromatic rings. The topological polar surface area (TPSA) is 66.0 Å². The summed E-state index contributed by atoms with van der Waals surface area (Å²) in [5, 5.41) is 2.87. The van der Waals surface area contributed by atoms with Crippen molar-refractivity contribution in [2.45, 2.75) is 26.3 Å². The minimum absolute atomic E-state index is 0.193. The van der Waals surface area contributed by atoms with Gasteiger partial charge in [-0.15, -0.1) is 0 Å². The van der Waals surface area contributed by atoms with E-state index in [2.05, 4.69) is 12.2 Å². The van der Waals surface area contributed by atoms with Crippen molar-refractivity contribution in [3.8, 4) is 23.0 Å². The fourth-order valence-electron chi connectivity index (χ4n) is 2.64. The first-order chi connectivity index (χ1) is 14.1. The first kappa shape index (κ1) is 22.1. The maximum absolute atomic E-state index is 12.2. The number of methoxy groups -OCH3 is 3. The lowest BCUT2D eigenvalue weighted by molar-refractivity contribution is -0.116. The molecule has 0 aromatic heterocycles. The van der Waals surface area contributed by atoms with Gasteiger partial charge in [-0.05, 0) is 47.9 Å². The molecule has 0 fully saturated rings. The lowest BCUT2D eigenvalue weighted by Crippen LogP contribution is -2.20. The van der Waals surface area contributed by atoms with Crippen LogP contribution in [0, 0.1) is 0 Å². The monoisotopic (exact) mass is 399 g/mol. The maximum Gasteiger partial charge on any atom is 0.244 e. The highest BCUT2D eigenvalue weighted by Gasteiger charge is 2.07. The molecule has 2 rings (SSSR count). The molecule has 29 heavy (non-hydrogen) atoms. The summed E-state index contributed by atoms with van der Waals surface area (Å²) < 4.78 is 21.6. The van der Waals surface area contributed by atoms with Crippen LogP contribution in [0.15, 0.2) is 42.5 Å². The van der Waals surface area contributed by atoms with Crippen LogP contribution in [-0.4, -0.2) is 33.8 Å². The first-order valence-electron chi connectivity index (χ1n) is 9.59. The Balaban J connectivity index is 1.94. The molecule has 0 aliphatic heterocycles. The summed E-state index contributed by atoms with van der Waals surface area (Å²) in [4.78, 5) is 12.2. The van der Waals surface area contributed by atoms with Gasteiger partial charge in [0.05, 0.1) is 27.9 Å². The number of hydrogen-bond acceptors (Lipinski definition) is 5. The van der Waals surface area contributed by atoms with Crippen LogP contribution in [0.4, 0.5) is 0 Å². The van der Waals surface area contributed by atoms with E-state index in [0.717, 1.165) is 24.0 Å². The molecule has 0 aliphatic carbocycles. The Morgan fingerprint density at radius 3 is 2.31 bits per heavy atom. The lowest BCUT2D eigenvalue weighted by Gasteiger charge is -2.12. The summed E-state index contributed by atoms with van der Waals surface area (Å²) in [5.74, 6) is 2.44. The van der Waals surface area contributed by atoms with Crippen LogP contribution in [0.2, 0.25) is 0 Å². The minimum Gasteiger partial charge on any atom is -0.493 e. The molecular formula is C23H29NO5. The lowest BCUT2D eigenvalue weighted by atomic mass is 10.1. The average Bonchev–Trinajstić information content (AvgIpc) is 2.76. The summed E-state index contributed by atoms with van der Waals surface area (Å²) in [6.07, 6.45) is 5.28. The second kappa shape index (κ2) is 11.6. The van der Waals surface area contributed by atoms with E-state index in [-0.39, 0.29) is 5.91 Å². The molecule has 0 unspecified atom stereocenters. The molecule has 0 aliphatic rings. The number of ether oxygens (including phenoxy) is 4. The Morgan fingerprint density at radius 2 is 1.62 bits per heavy atom. The van der Waals surface area contributed by atoms with Gasteiger partial charge in [0.1, 0.15) is 0 Å². The highest BCUT2D eigenvalue weighted by atomic mass is 16.5. The molecule has 0 saturated carbocycles. The molecule has 6 nitrogen and oxygen atoms in total. The number of hydrogen-bond donors (Lipinski definition) is 1. The van der Waals surface area contributed by atoms with Gasteiger partial charge in [0, 0.05) is 12.6 Å². The van der Waals surface area contributed by atoms with E-state index in [1.807, 2.05) is 30.3 Å². The van der Waals surface area contributed by atoms with Crippen molar-refractivity contribution in [1.82, 2.24) is 5.32 Å². The molecule has 156 valence electrons. The fraction of sp³-hybridized carbons (Fsp3) is 0.348. The van der Waals surface area contributed by atoms with Gasteiger partial charge in [-0.1, -0.05) is 25.5 Å². The average molecular weight is 399 g/mol. The summed E-state index contributed by atoms with van der Waals surface area (Å²) in [7, 11) is 4.77. The zero-order valence-electron chi connectivity index (χ0n) is 17.5. The summed E-state index contributed by atoms with van der Waals surface area (Å²) in [6.45, 7) is 3.16. The zero-order valence-corrected chi connectivity index (χ0v) is 17.5. The second-order valence-electron chi connectivity index (χ2n) is 6.35. The van der Waals surface area contributed by atoms with E-state index in [1.54, 1.807) is 33.5 Å². The van der Waals surface area contributed by atoms with Crippen molar-refractivity contribution in [3.05, 3.63) is 53.6 Å². The SMILES string of the molecule is CCCCOc1ccc(CNC(=O)/C=C/c2ccc(OC)c(OC)c2)cc1OC. The number of amides is 1. The predicted octanol–water partition coefficient (Wildman–Crippen LogP) is 4.22. The third-order valence-corrected chi connectivity index (χ3v) is 4.28. The van der Waals surface area contributed by atoms with Gasteiger partial charge in [-0.3, -0.25) is 4.79 Å². The normalized spacial score (nSPS) is 10.6. The van der Waals surface area contributed by atoms with Crippen molar-refractivity contribution in [1.29, 1.82) is 0 Å². The Hall–Kier alpha value is -3.15. The third-order valence-electron chi connectivity index (χ3n) is 4.28. The number of unbranched alkanes of at least 4 members (excludes halogenated alkanes) is 1. The number of nitrogens with one attached hydrogen (secondary N) is 1. The van der Waals surface area contributed by atoms with Crippen molar-refractivity contribution in [2.24, 2.45) is 0 Å². The van der Waals surface area contributed by atoms with Crippen LogP contribution in [-0.2, 0) is 11.3 Å². The molecule has 0 heterocycles. The third kappa shape index (κ3) is 6.75. The van der Waals surface area contributed by atoms with Gasteiger partial charge < -0.3 is 24.3 Å². The van der Waals surface area contributed by atoms with Crippen LogP contribution in [0.3, 0.4) is 0 Å². The van der Waals surface area contributed by atoms with Crippen molar-refractivity contribution in [3.63, 3.8) is 0 Å². The number of carbonyl (C=O) groups is 1. The molecule has 1 amide bonds. The van der Waals surface area contributed by atoms with Gasteiger partial charge in [0.2, 0.25) is 5.91 Å². The van der Waals surface area contributed by atoms with Gasteiger partial charge in [0.15, 0.2) is 23.0 Å². The number of rotatable bonds is 11. The van der Waals surface area contributed by atoms with E-state index < -0.39 is 0 Å². The van der Waals surface area contributed by atoms with E-state index in [4.69, 9.17) is 18.9 Å². The molecule has 2 aromatic carbocycles. The summed E-state index contributed by atoms with van der Waals surface area (Å²) in [6, 6.07) is 11.1. The second-order valence-corrected chi connectivity index (χ2v) is 6.35. The molecule has 0 spiro atoms. The van der Waals surface area contributed by atoms with E-state index in [0.29, 0.717) is 36.1 Å². The first-order valence-corrected chi connectivity index (χ1v) is 9.59. The van der Waals surface area contributed by atoms with E-state index in [1.165, 1.54) is 6.08 Å². The zero-order chi connectivity index (χ0) is 21.1. The molecule has 0 atom stereocenters. The number of carbonyl (C=O) groups excluding carboxylic acids is 1. The van der Waals surface area contributed by atoms with E-state index in [9.17, 15) is 4.79 Å². The molecule has 0 radical (unpaired) electrons. The molecular weight excluding hydrogens is 370 g/mol. The van der Waals surface area contributed by atoms with Crippen LogP contribution >= 0.6 is 0 Å². The highest BCUT2D eigenvalue weighted by molar-refractivity contribution is 5.91. The van der Waals surface area contributed by atoms with Crippen molar-refractivity contribution in [2.75, 3.05) is 27.9 Å². The van der Waals surface area contributed by atoms with Gasteiger partial charge in [-0.2, -0.15) is 0 Å². The quantitative estimate of drug-likeness (QED) is 0.453.